The lowest BCUT2D eigenvalue weighted by Crippen LogP contribution is -2.37. The number of rotatable bonds is 8. The molecule has 0 radical (unpaired) electrons. The van der Waals surface area contributed by atoms with Gasteiger partial charge in [-0.15, -0.1) is 11.8 Å². The van der Waals surface area contributed by atoms with Crippen LogP contribution in [0.3, 0.4) is 0 Å². The molecule has 1 saturated carbocycles. The standard InChI is InChI=1S/C25H27N3O4S/c26-15-18-8-7-11-20(14-18)28-24(30)17-33-22-13-6-5-12-21(22)25(31)32-16-23(29)27-19-9-3-1-2-4-10-19/h5-8,11-14,19H,1-4,9-10,16-17H2,(H,27,29)(H,28,30). The zero-order valence-electron chi connectivity index (χ0n) is 18.3. The van der Waals surface area contributed by atoms with Crippen LogP contribution in [0.15, 0.2) is 53.4 Å². The van der Waals surface area contributed by atoms with Crippen LogP contribution in [0.4, 0.5) is 5.69 Å². The number of benzene rings is 2. The Morgan fingerprint density at radius 1 is 1.00 bits per heavy atom. The smallest absolute Gasteiger partial charge is 0.339 e. The first-order valence-corrected chi connectivity index (χ1v) is 12.0. The number of nitrogens with one attached hydrogen (secondary N) is 2. The number of amides is 2. The van der Waals surface area contributed by atoms with Crippen molar-refractivity contribution < 1.29 is 19.1 Å². The molecule has 0 aromatic heterocycles. The van der Waals surface area contributed by atoms with Crippen molar-refractivity contribution in [3.05, 3.63) is 59.7 Å². The molecule has 172 valence electrons. The summed E-state index contributed by atoms with van der Waals surface area (Å²) in [6.07, 6.45) is 6.52. The summed E-state index contributed by atoms with van der Waals surface area (Å²) in [4.78, 5) is 37.7. The highest BCUT2D eigenvalue weighted by molar-refractivity contribution is 8.00. The minimum absolute atomic E-state index is 0.0727. The average molecular weight is 466 g/mol. The van der Waals surface area contributed by atoms with Gasteiger partial charge in [-0.25, -0.2) is 4.79 Å². The number of ether oxygens (including phenoxy) is 1. The molecule has 1 aliphatic rings. The fourth-order valence-electron chi connectivity index (χ4n) is 3.67. The van der Waals surface area contributed by atoms with Gasteiger partial charge in [-0.2, -0.15) is 5.26 Å². The first-order chi connectivity index (χ1) is 16.0. The molecule has 2 aromatic carbocycles. The number of nitrogens with zero attached hydrogens (tertiary/aromatic N) is 1. The third-order valence-electron chi connectivity index (χ3n) is 5.30. The maximum atomic E-state index is 12.6. The van der Waals surface area contributed by atoms with E-state index in [-0.39, 0.29) is 30.2 Å². The third kappa shape index (κ3) is 7.95. The van der Waals surface area contributed by atoms with Gasteiger partial charge in [0.2, 0.25) is 5.91 Å². The van der Waals surface area contributed by atoms with Crippen molar-refractivity contribution in [2.75, 3.05) is 17.7 Å². The summed E-state index contributed by atoms with van der Waals surface area (Å²) in [5.41, 5.74) is 1.30. The second kappa shape index (κ2) is 12.7. The predicted molar refractivity (Wildman–Crippen MR) is 127 cm³/mol. The number of hydrogen-bond acceptors (Lipinski definition) is 6. The Balaban J connectivity index is 1.50. The lowest BCUT2D eigenvalue weighted by Gasteiger charge is -2.16. The number of esters is 1. The van der Waals surface area contributed by atoms with Gasteiger partial charge in [-0.05, 0) is 43.2 Å². The summed E-state index contributed by atoms with van der Waals surface area (Å²) < 4.78 is 5.24. The molecule has 0 saturated heterocycles. The van der Waals surface area contributed by atoms with Gasteiger partial charge in [-0.1, -0.05) is 43.9 Å². The van der Waals surface area contributed by atoms with E-state index in [9.17, 15) is 14.4 Å². The molecular formula is C25H27N3O4S. The second-order valence-corrected chi connectivity index (χ2v) is 8.87. The van der Waals surface area contributed by atoms with Crippen molar-refractivity contribution in [2.45, 2.75) is 49.5 Å². The van der Waals surface area contributed by atoms with E-state index < -0.39 is 5.97 Å². The van der Waals surface area contributed by atoms with Crippen molar-refractivity contribution in [1.29, 1.82) is 5.26 Å². The molecule has 2 amide bonds. The Labute approximate surface area is 197 Å². The van der Waals surface area contributed by atoms with Crippen LogP contribution in [0.25, 0.3) is 0 Å². The highest BCUT2D eigenvalue weighted by Gasteiger charge is 2.18. The zero-order chi connectivity index (χ0) is 23.5. The zero-order valence-corrected chi connectivity index (χ0v) is 19.2. The van der Waals surface area contributed by atoms with E-state index in [1.807, 2.05) is 6.07 Å². The molecule has 1 aliphatic carbocycles. The molecule has 8 heteroatoms. The minimum Gasteiger partial charge on any atom is -0.452 e. The summed E-state index contributed by atoms with van der Waals surface area (Å²) in [6.45, 7) is -0.329. The van der Waals surface area contributed by atoms with Crippen molar-refractivity contribution in [1.82, 2.24) is 5.32 Å². The Bertz CT molecular complexity index is 1030. The van der Waals surface area contributed by atoms with Gasteiger partial charge >= 0.3 is 5.97 Å². The average Bonchev–Trinajstić information content (AvgIpc) is 3.10. The molecule has 0 heterocycles. The summed E-state index contributed by atoms with van der Waals surface area (Å²) in [5.74, 6) is -1.08. The van der Waals surface area contributed by atoms with E-state index in [4.69, 9.17) is 10.00 Å². The molecule has 3 rings (SSSR count). The van der Waals surface area contributed by atoms with Crippen LogP contribution in [0, 0.1) is 11.3 Å². The van der Waals surface area contributed by atoms with Crippen LogP contribution in [0.2, 0.25) is 0 Å². The van der Waals surface area contributed by atoms with E-state index in [1.54, 1.807) is 48.5 Å². The summed E-state index contributed by atoms with van der Waals surface area (Å²) in [5, 5.41) is 14.7. The van der Waals surface area contributed by atoms with Gasteiger partial charge in [-0.3, -0.25) is 9.59 Å². The number of carbonyl (C=O) groups excluding carboxylic acids is 3. The van der Waals surface area contributed by atoms with Crippen LogP contribution in [-0.2, 0) is 14.3 Å². The Kier molecular flexibility index (Phi) is 9.33. The molecule has 2 aromatic rings. The minimum atomic E-state index is -0.601. The lowest BCUT2D eigenvalue weighted by atomic mass is 10.1. The normalized spacial score (nSPS) is 13.9. The van der Waals surface area contributed by atoms with E-state index in [0.29, 0.717) is 21.7 Å². The first kappa shape index (κ1) is 24.3. The highest BCUT2D eigenvalue weighted by atomic mass is 32.2. The molecule has 7 nitrogen and oxygen atoms in total. The molecule has 0 bridgehead atoms. The van der Waals surface area contributed by atoms with Crippen molar-refractivity contribution in [3.63, 3.8) is 0 Å². The van der Waals surface area contributed by atoms with Crippen molar-refractivity contribution in [3.8, 4) is 6.07 Å². The van der Waals surface area contributed by atoms with E-state index in [1.165, 1.54) is 24.6 Å². The highest BCUT2D eigenvalue weighted by Crippen LogP contribution is 2.24. The number of carbonyl (C=O) groups is 3. The van der Waals surface area contributed by atoms with E-state index in [2.05, 4.69) is 10.6 Å². The number of hydrogen-bond donors (Lipinski definition) is 2. The van der Waals surface area contributed by atoms with Crippen molar-refractivity contribution in [2.24, 2.45) is 0 Å². The maximum absolute atomic E-state index is 12.6. The monoisotopic (exact) mass is 465 g/mol. The molecular weight excluding hydrogens is 438 g/mol. The molecule has 0 spiro atoms. The number of thioether (sulfide) groups is 1. The third-order valence-corrected chi connectivity index (χ3v) is 6.37. The van der Waals surface area contributed by atoms with Crippen LogP contribution in [0.1, 0.15) is 54.4 Å². The molecule has 1 fully saturated rings. The number of anilines is 1. The quantitative estimate of drug-likeness (QED) is 0.342. The van der Waals surface area contributed by atoms with E-state index in [0.717, 1.165) is 25.7 Å². The van der Waals surface area contributed by atoms with Crippen LogP contribution >= 0.6 is 11.8 Å². The fraction of sp³-hybridized carbons (Fsp3) is 0.360. The van der Waals surface area contributed by atoms with Gasteiger partial charge in [0.05, 0.1) is 22.9 Å². The summed E-state index contributed by atoms with van der Waals surface area (Å²) >= 11 is 1.20. The van der Waals surface area contributed by atoms with Gasteiger partial charge in [0.15, 0.2) is 6.61 Å². The molecule has 0 unspecified atom stereocenters. The Morgan fingerprint density at radius 2 is 1.76 bits per heavy atom. The molecule has 0 aliphatic heterocycles. The predicted octanol–water partition coefficient (Wildman–Crippen LogP) is 4.28. The van der Waals surface area contributed by atoms with Gasteiger partial charge in [0.1, 0.15) is 0 Å². The second-order valence-electron chi connectivity index (χ2n) is 7.86. The fourth-order valence-corrected chi connectivity index (χ4v) is 4.51. The SMILES string of the molecule is N#Cc1cccc(NC(=O)CSc2ccccc2C(=O)OCC(=O)NC2CCCCCC2)c1. The van der Waals surface area contributed by atoms with Crippen LogP contribution in [0.5, 0.6) is 0 Å². The van der Waals surface area contributed by atoms with Gasteiger partial charge in [0, 0.05) is 16.6 Å². The number of nitriles is 1. The Morgan fingerprint density at radius 3 is 2.52 bits per heavy atom. The summed E-state index contributed by atoms with van der Waals surface area (Å²) in [7, 11) is 0. The molecule has 2 N–H and O–H groups in total. The van der Waals surface area contributed by atoms with Crippen LogP contribution < -0.4 is 10.6 Å². The molecule has 33 heavy (non-hydrogen) atoms. The topological polar surface area (TPSA) is 108 Å². The maximum Gasteiger partial charge on any atom is 0.339 e. The van der Waals surface area contributed by atoms with Gasteiger partial charge in [0.25, 0.3) is 5.91 Å². The molecule has 0 atom stereocenters. The Hall–Kier alpha value is -3.31. The lowest BCUT2D eigenvalue weighted by molar-refractivity contribution is -0.125. The first-order valence-electron chi connectivity index (χ1n) is 11.0. The summed E-state index contributed by atoms with van der Waals surface area (Å²) in [6, 6.07) is 15.6. The van der Waals surface area contributed by atoms with Crippen LogP contribution in [-0.4, -0.2) is 36.2 Å². The van der Waals surface area contributed by atoms with Gasteiger partial charge < -0.3 is 15.4 Å². The largest absolute Gasteiger partial charge is 0.452 e. The van der Waals surface area contributed by atoms with E-state index >= 15 is 0 Å². The van der Waals surface area contributed by atoms with Crippen molar-refractivity contribution >= 4 is 35.2 Å².